The maximum atomic E-state index is 11.6. The topological polar surface area (TPSA) is 69.6 Å². The number of carboxylic acids is 1. The largest absolute Gasteiger partial charge is 0.480 e. The minimum Gasteiger partial charge on any atom is -0.480 e. The summed E-state index contributed by atoms with van der Waals surface area (Å²) in [5.41, 5.74) is 0.851. The Labute approximate surface area is 112 Å². The van der Waals surface area contributed by atoms with Crippen LogP contribution in [0.3, 0.4) is 0 Å². The first-order chi connectivity index (χ1) is 9.16. The quantitative estimate of drug-likeness (QED) is 0.856. The fourth-order valence-corrected chi connectivity index (χ4v) is 2.42. The van der Waals surface area contributed by atoms with Gasteiger partial charge in [0.2, 0.25) is 5.91 Å². The number of carbonyl (C=O) groups is 2. The standard InChI is InChI=1S/C14H18N2O3/c17-13-9-12(7-4-8-15-13)16(10-14(18)19)11-5-2-1-3-6-11/h1-3,5-6,12H,4,7-10H2,(H,15,17)(H,18,19). The Hall–Kier alpha value is -2.04. The van der Waals surface area contributed by atoms with E-state index in [1.54, 1.807) is 0 Å². The van der Waals surface area contributed by atoms with Crippen LogP contribution in [0.15, 0.2) is 30.3 Å². The third-order valence-corrected chi connectivity index (χ3v) is 3.29. The Kier molecular flexibility index (Phi) is 4.39. The highest BCUT2D eigenvalue weighted by Gasteiger charge is 2.25. The molecule has 1 heterocycles. The Balaban J connectivity index is 2.21. The van der Waals surface area contributed by atoms with Crippen LogP contribution < -0.4 is 10.2 Å². The van der Waals surface area contributed by atoms with E-state index in [4.69, 9.17) is 5.11 Å². The molecule has 2 N–H and O–H groups in total. The second-order valence-corrected chi connectivity index (χ2v) is 4.71. The van der Waals surface area contributed by atoms with Gasteiger partial charge in [-0.05, 0) is 25.0 Å². The molecule has 0 aromatic heterocycles. The van der Waals surface area contributed by atoms with Crippen molar-refractivity contribution < 1.29 is 14.7 Å². The van der Waals surface area contributed by atoms with Gasteiger partial charge in [0.1, 0.15) is 6.54 Å². The summed E-state index contributed by atoms with van der Waals surface area (Å²) >= 11 is 0. The number of nitrogens with zero attached hydrogens (tertiary/aromatic N) is 1. The minimum atomic E-state index is -0.881. The normalized spacial score (nSPS) is 19.4. The molecule has 1 saturated heterocycles. The van der Waals surface area contributed by atoms with E-state index in [1.807, 2.05) is 35.2 Å². The average Bonchev–Trinajstić information content (AvgIpc) is 2.61. The number of amides is 1. The van der Waals surface area contributed by atoms with Gasteiger partial charge >= 0.3 is 5.97 Å². The van der Waals surface area contributed by atoms with Crippen LogP contribution in [0, 0.1) is 0 Å². The van der Waals surface area contributed by atoms with Crippen molar-refractivity contribution in [3.05, 3.63) is 30.3 Å². The van der Waals surface area contributed by atoms with Gasteiger partial charge in [0.15, 0.2) is 0 Å². The molecule has 2 rings (SSSR count). The highest BCUT2D eigenvalue weighted by Crippen LogP contribution is 2.22. The van der Waals surface area contributed by atoms with Crippen molar-refractivity contribution >= 4 is 17.6 Å². The van der Waals surface area contributed by atoms with E-state index in [0.29, 0.717) is 13.0 Å². The molecule has 1 amide bonds. The van der Waals surface area contributed by atoms with E-state index in [2.05, 4.69) is 5.32 Å². The van der Waals surface area contributed by atoms with Gasteiger partial charge in [-0.3, -0.25) is 9.59 Å². The van der Waals surface area contributed by atoms with Crippen molar-refractivity contribution in [1.29, 1.82) is 0 Å². The first-order valence-corrected chi connectivity index (χ1v) is 6.47. The molecule has 1 unspecified atom stereocenters. The molecule has 1 aliphatic rings. The zero-order chi connectivity index (χ0) is 13.7. The summed E-state index contributed by atoms with van der Waals surface area (Å²) in [6.45, 7) is 0.590. The van der Waals surface area contributed by atoms with Crippen LogP contribution in [-0.2, 0) is 9.59 Å². The third-order valence-electron chi connectivity index (χ3n) is 3.29. The lowest BCUT2D eigenvalue weighted by Crippen LogP contribution is -2.40. The van der Waals surface area contributed by atoms with Crippen molar-refractivity contribution in [3.8, 4) is 0 Å². The number of hydrogen-bond acceptors (Lipinski definition) is 3. The highest BCUT2D eigenvalue weighted by atomic mass is 16.4. The molecule has 0 saturated carbocycles. The fraction of sp³-hybridized carbons (Fsp3) is 0.429. The van der Waals surface area contributed by atoms with Crippen LogP contribution in [0.4, 0.5) is 5.69 Å². The molecular formula is C14H18N2O3. The molecule has 0 radical (unpaired) electrons. The summed E-state index contributed by atoms with van der Waals surface area (Å²) in [4.78, 5) is 24.5. The summed E-state index contributed by atoms with van der Waals surface area (Å²) in [5, 5.41) is 11.9. The number of nitrogens with one attached hydrogen (secondary N) is 1. The lowest BCUT2D eigenvalue weighted by atomic mass is 10.1. The predicted octanol–water partition coefficient (Wildman–Crippen LogP) is 1.25. The van der Waals surface area contributed by atoms with Gasteiger partial charge in [-0.2, -0.15) is 0 Å². The number of carboxylic acid groups (broad SMARTS) is 1. The van der Waals surface area contributed by atoms with Crippen LogP contribution in [0.2, 0.25) is 0 Å². The Morgan fingerprint density at radius 3 is 2.79 bits per heavy atom. The highest BCUT2D eigenvalue weighted by molar-refractivity contribution is 5.79. The van der Waals surface area contributed by atoms with Crippen molar-refractivity contribution in [1.82, 2.24) is 5.32 Å². The van der Waals surface area contributed by atoms with Crippen molar-refractivity contribution in [2.24, 2.45) is 0 Å². The van der Waals surface area contributed by atoms with Crippen LogP contribution in [-0.4, -0.2) is 36.1 Å². The van der Waals surface area contributed by atoms with Crippen LogP contribution in [0.25, 0.3) is 0 Å². The van der Waals surface area contributed by atoms with Crippen LogP contribution in [0.1, 0.15) is 19.3 Å². The molecule has 1 aromatic rings. The first-order valence-electron chi connectivity index (χ1n) is 6.47. The SMILES string of the molecule is O=C(O)CN(c1ccccc1)C1CCCNC(=O)C1. The maximum absolute atomic E-state index is 11.6. The number of benzene rings is 1. The first kappa shape index (κ1) is 13.4. The number of aliphatic carboxylic acids is 1. The van der Waals surface area contributed by atoms with Crippen LogP contribution in [0.5, 0.6) is 0 Å². The van der Waals surface area contributed by atoms with E-state index < -0.39 is 5.97 Å². The maximum Gasteiger partial charge on any atom is 0.323 e. The zero-order valence-electron chi connectivity index (χ0n) is 10.7. The molecule has 1 atom stereocenters. The minimum absolute atomic E-state index is 0.00572. The van der Waals surface area contributed by atoms with Crippen LogP contribution >= 0.6 is 0 Å². The van der Waals surface area contributed by atoms with E-state index in [-0.39, 0.29) is 18.5 Å². The van der Waals surface area contributed by atoms with E-state index in [0.717, 1.165) is 18.5 Å². The molecular weight excluding hydrogens is 244 g/mol. The van der Waals surface area contributed by atoms with Gasteiger partial charge in [-0.15, -0.1) is 0 Å². The van der Waals surface area contributed by atoms with Gasteiger partial charge in [-0.25, -0.2) is 0 Å². The predicted molar refractivity (Wildman–Crippen MR) is 72.1 cm³/mol. The van der Waals surface area contributed by atoms with Gasteiger partial charge in [-0.1, -0.05) is 18.2 Å². The Bertz CT molecular complexity index is 447. The second-order valence-electron chi connectivity index (χ2n) is 4.71. The van der Waals surface area contributed by atoms with Crippen molar-refractivity contribution in [2.75, 3.05) is 18.0 Å². The summed E-state index contributed by atoms with van der Waals surface area (Å²) in [5.74, 6) is -0.887. The van der Waals surface area contributed by atoms with E-state index in [1.165, 1.54) is 0 Å². The molecule has 1 aromatic carbocycles. The smallest absolute Gasteiger partial charge is 0.323 e. The summed E-state index contributed by atoms with van der Waals surface area (Å²) in [6, 6.07) is 9.35. The Morgan fingerprint density at radius 1 is 1.37 bits per heavy atom. The monoisotopic (exact) mass is 262 g/mol. The summed E-state index contributed by atoms with van der Waals surface area (Å²) in [7, 11) is 0. The zero-order valence-corrected chi connectivity index (χ0v) is 10.7. The summed E-state index contributed by atoms with van der Waals surface area (Å²) < 4.78 is 0. The third kappa shape index (κ3) is 3.71. The average molecular weight is 262 g/mol. The van der Waals surface area contributed by atoms with E-state index >= 15 is 0 Å². The number of hydrogen-bond donors (Lipinski definition) is 2. The molecule has 1 aliphatic heterocycles. The number of anilines is 1. The molecule has 0 spiro atoms. The molecule has 0 bridgehead atoms. The van der Waals surface area contributed by atoms with Gasteiger partial charge in [0, 0.05) is 24.7 Å². The molecule has 5 heteroatoms. The van der Waals surface area contributed by atoms with Gasteiger partial charge in [0.25, 0.3) is 0 Å². The number of para-hydroxylation sites is 1. The molecule has 1 fully saturated rings. The van der Waals surface area contributed by atoms with Gasteiger partial charge in [0.05, 0.1) is 0 Å². The molecule has 5 nitrogen and oxygen atoms in total. The fourth-order valence-electron chi connectivity index (χ4n) is 2.42. The lowest BCUT2D eigenvalue weighted by Gasteiger charge is -2.31. The Morgan fingerprint density at radius 2 is 2.11 bits per heavy atom. The van der Waals surface area contributed by atoms with Gasteiger partial charge < -0.3 is 15.3 Å². The molecule has 19 heavy (non-hydrogen) atoms. The molecule has 0 aliphatic carbocycles. The van der Waals surface area contributed by atoms with Crippen molar-refractivity contribution in [3.63, 3.8) is 0 Å². The number of carbonyl (C=O) groups excluding carboxylic acids is 1. The molecule has 102 valence electrons. The van der Waals surface area contributed by atoms with Crippen molar-refractivity contribution in [2.45, 2.75) is 25.3 Å². The number of rotatable bonds is 4. The second kappa shape index (κ2) is 6.22. The summed E-state index contributed by atoms with van der Waals surface area (Å²) in [6.07, 6.45) is 2.04. The lowest BCUT2D eigenvalue weighted by molar-refractivity contribution is -0.135. The van der Waals surface area contributed by atoms with E-state index in [9.17, 15) is 9.59 Å².